The van der Waals surface area contributed by atoms with E-state index in [2.05, 4.69) is 0 Å². The van der Waals surface area contributed by atoms with Crippen molar-refractivity contribution in [3.63, 3.8) is 0 Å². The standard InChI is InChI=1S/C6H18O11Si12/c1-28(2,3)17-18(7)19(8)20(9)21(10)22(11)23(12)24(13)25(14)26(15)27(16)29(4,5)6/h1-6H3. The van der Waals surface area contributed by atoms with Gasteiger partial charge < -0.3 is 48.7 Å². The number of rotatable bonds is 12. The minimum absolute atomic E-state index is 1.61. The highest BCUT2D eigenvalue weighted by Gasteiger charge is 2.53. The molecule has 0 saturated heterocycles. The third-order valence-corrected chi connectivity index (χ3v) is 86.4. The van der Waals surface area contributed by atoms with Crippen molar-refractivity contribution < 1.29 is 48.7 Å². The number of hydrogen-bond acceptors (Lipinski definition) is 11. The average molecular weight is 603 g/mol. The van der Waals surface area contributed by atoms with E-state index in [-0.39, 0.29) is 0 Å². The molecule has 0 atom stereocenters. The molecule has 0 aromatic carbocycles. The van der Waals surface area contributed by atoms with Crippen LogP contribution in [0.4, 0.5) is 0 Å². The minimum atomic E-state index is -3.81. The van der Waals surface area contributed by atoms with Gasteiger partial charge in [0.1, 0.15) is 7.59 Å². The molecule has 11 nitrogen and oxygen atoms in total. The molecule has 23 heteroatoms. The molecule has 0 radical (unpaired) electrons. The van der Waals surface area contributed by atoms with Crippen LogP contribution in [0.2, 0.25) is 39.3 Å². The van der Waals surface area contributed by atoms with Gasteiger partial charge in [0.15, 0.2) is 0 Å². The van der Waals surface area contributed by atoms with Gasteiger partial charge in [0.25, 0.3) is 0 Å². The molecule has 0 aliphatic carbocycles. The summed E-state index contributed by atoms with van der Waals surface area (Å²) in [6, 6.07) is 0. The fraction of sp³-hybridized carbons (Fsp3) is 1.00. The summed E-state index contributed by atoms with van der Waals surface area (Å²) in [4.78, 5) is 0. The lowest BCUT2D eigenvalue weighted by Gasteiger charge is -2.16. The molecule has 0 fully saturated rings. The van der Waals surface area contributed by atoms with Crippen molar-refractivity contribution in [3.05, 3.63) is 0 Å². The summed E-state index contributed by atoms with van der Waals surface area (Å²) in [5.41, 5.74) is 0. The van der Waals surface area contributed by atoms with Crippen LogP contribution in [0.15, 0.2) is 0 Å². The molecule has 0 aromatic heterocycles. The molecule has 0 aliphatic heterocycles. The zero-order valence-corrected chi connectivity index (χ0v) is 28.5. The molecule has 0 bridgehead atoms. The van der Waals surface area contributed by atoms with E-state index in [4.69, 9.17) is 4.12 Å². The van der Waals surface area contributed by atoms with Crippen molar-refractivity contribution in [1.82, 2.24) is 0 Å². The van der Waals surface area contributed by atoms with Gasteiger partial charge >= 0.3 is 77.9 Å². The van der Waals surface area contributed by atoms with Crippen molar-refractivity contribution in [2.24, 2.45) is 0 Å². The Balaban J connectivity index is 5.40. The van der Waals surface area contributed by atoms with E-state index in [1.54, 1.807) is 39.3 Å². The molecule has 0 aliphatic rings. The van der Waals surface area contributed by atoms with Crippen LogP contribution in [0.5, 0.6) is 0 Å². The van der Waals surface area contributed by atoms with Crippen LogP contribution in [-0.2, 0) is 48.7 Å². The Morgan fingerprint density at radius 3 is 1.00 bits per heavy atom. The molecule has 0 heterocycles. The smallest absolute Gasteiger partial charge is 0.532 e. The fourth-order valence-corrected chi connectivity index (χ4v) is 118. The summed E-state index contributed by atoms with van der Waals surface area (Å²) in [5.74, 6) is 0. The maximum atomic E-state index is 12.2. The Bertz CT molecular complexity index is 889. The first-order chi connectivity index (χ1) is 12.8. The zero-order valence-electron chi connectivity index (χ0n) is 16.5. The van der Waals surface area contributed by atoms with Crippen molar-refractivity contribution >= 4 is 93.8 Å². The van der Waals surface area contributed by atoms with Gasteiger partial charge in [-0.1, -0.05) is 19.6 Å². The average Bonchev–Trinajstić information content (AvgIpc) is 2.59. The highest BCUT2D eigenvalue weighted by molar-refractivity contribution is 7.78. The van der Waals surface area contributed by atoms with Gasteiger partial charge in [0.05, 0.1) is 0 Å². The van der Waals surface area contributed by atoms with E-state index in [1.165, 1.54) is 0 Å². The lowest BCUT2D eigenvalue weighted by molar-refractivity contribution is 0.462. The van der Waals surface area contributed by atoms with E-state index in [0.717, 1.165) is 0 Å². The van der Waals surface area contributed by atoms with Gasteiger partial charge in [-0.2, -0.15) is 0 Å². The van der Waals surface area contributed by atoms with Crippen molar-refractivity contribution in [3.8, 4) is 0 Å². The van der Waals surface area contributed by atoms with Gasteiger partial charge in [0, 0.05) is 0 Å². The summed E-state index contributed by atoms with van der Waals surface area (Å²) in [5, 5.41) is 0. The third-order valence-electron chi connectivity index (χ3n) is 2.92. The Labute approximate surface area is 181 Å². The molecular weight excluding hydrogens is 585 g/mol. The molecular formula is C6H18O11Si12. The van der Waals surface area contributed by atoms with Gasteiger partial charge in [0.2, 0.25) is 8.32 Å². The largest absolute Gasteiger partial charge is 0.578 e. The first-order valence-corrected chi connectivity index (χ1v) is 38.8. The molecule has 0 aromatic rings. The van der Waals surface area contributed by atoms with Gasteiger partial charge in [-0.25, -0.2) is 0 Å². The maximum absolute atomic E-state index is 12.2. The molecule has 29 heavy (non-hydrogen) atoms. The summed E-state index contributed by atoms with van der Waals surface area (Å²) in [6.45, 7) is 9.73. The van der Waals surface area contributed by atoms with E-state index < -0.39 is 93.8 Å². The second-order valence-electron chi connectivity index (χ2n) is 7.71. The summed E-state index contributed by atoms with van der Waals surface area (Å²) >= 11 is 0. The maximum Gasteiger partial charge on any atom is 0.532 e. The van der Waals surface area contributed by atoms with Crippen LogP contribution in [0.1, 0.15) is 0 Å². The Kier molecular flexibility index (Phi) is 11.5. The molecule has 0 amide bonds. The highest BCUT2D eigenvalue weighted by atomic mass is 30.1. The predicted octanol–water partition coefficient (Wildman–Crippen LogP) is -2.32. The van der Waals surface area contributed by atoms with Gasteiger partial charge in [-0.3, -0.25) is 0 Å². The van der Waals surface area contributed by atoms with Crippen LogP contribution in [0.3, 0.4) is 0 Å². The minimum Gasteiger partial charge on any atom is -0.578 e. The van der Waals surface area contributed by atoms with Crippen molar-refractivity contribution in [1.29, 1.82) is 0 Å². The second kappa shape index (κ2) is 11.3. The first-order valence-electron chi connectivity index (χ1n) is 7.95. The predicted molar refractivity (Wildman–Crippen MR) is 112 cm³/mol. The second-order valence-corrected chi connectivity index (χ2v) is 67.5. The highest BCUT2D eigenvalue weighted by Crippen LogP contribution is 2.02. The van der Waals surface area contributed by atoms with E-state index in [9.17, 15) is 44.6 Å². The Hall–Kier alpha value is 0.403. The SMILES string of the molecule is C[Si](C)(C)O[Si](=O)[Si](=O)[Si](=O)[Si](=O)[Si](=O)[Si](=O)[Si](=O)[Si](=O)[Si](=O)[Si](=O)[Si](C)(C)C. The summed E-state index contributed by atoms with van der Waals surface area (Å²) in [6.07, 6.45) is 0. The lowest BCUT2D eigenvalue weighted by atomic mass is 11.8. The topological polar surface area (TPSA) is 180 Å². The molecule has 0 saturated carbocycles. The summed E-state index contributed by atoms with van der Waals surface area (Å²) < 4.78 is 127. The molecule has 0 spiro atoms. The Morgan fingerprint density at radius 2 is 0.724 bits per heavy atom. The lowest BCUT2D eigenvalue weighted by Crippen LogP contribution is -2.56. The van der Waals surface area contributed by atoms with Crippen LogP contribution in [0, 0.1) is 0 Å². The van der Waals surface area contributed by atoms with E-state index in [1.807, 2.05) is 0 Å². The van der Waals surface area contributed by atoms with E-state index in [0.29, 0.717) is 0 Å². The van der Waals surface area contributed by atoms with E-state index >= 15 is 0 Å². The third kappa shape index (κ3) is 8.81. The van der Waals surface area contributed by atoms with Gasteiger partial charge in [-0.15, -0.1) is 0 Å². The van der Waals surface area contributed by atoms with Crippen molar-refractivity contribution in [2.75, 3.05) is 0 Å². The summed E-state index contributed by atoms with van der Waals surface area (Å²) in [7, 11) is -40.1. The number of hydrogen-bond donors (Lipinski definition) is 0. The monoisotopic (exact) mass is 602 g/mol. The van der Waals surface area contributed by atoms with Crippen LogP contribution in [0.25, 0.3) is 0 Å². The molecule has 0 unspecified atom stereocenters. The van der Waals surface area contributed by atoms with Crippen LogP contribution < -0.4 is 0 Å². The van der Waals surface area contributed by atoms with Crippen LogP contribution >= 0.6 is 0 Å². The molecule has 0 rings (SSSR count). The molecule has 156 valence electrons. The molecule has 0 N–H and O–H groups in total. The first kappa shape index (κ1) is 29.4. The normalized spacial score (nSPS) is 11.1. The zero-order chi connectivity index (χ0) is 23.5. The van der Waals surface area contributed by atoms with Crippen molar-refractivity contribution in [2.45, 2.75) is 39.3 Å². The Morgan fingerprint density at radius 1 is 0.448 bits per heavy atom. The quantitative estimate of drug-likeness (QED) is 0.219. The van der Waals surface area contributed by atoms with Gasteiger partial charge in [-0.05, 0) is 19.6 Å². The fourth-order valence-electron chi connectivity index (χ4n) is 1.48. The van der Waals surface area contributed by atoms with Crippen LogP contribution in [-0.4, -0.2) is 93.8 Å².